The fourth-order valence-corrected chi connectivity index (χ4v) is 3.96. The van der Waals surface area contributed by atoms with Gasteiger partial charge in [-0.25, -0.2) is 0 Å². The van der Waals surface area contributed by atoms with Crippen molar-refractivity contribution in [3.63, 3.8) is 0 Å². The van der Waals surface area contributed by atoms with Crippen LogP contribution in [0.5, 0.6) is 0 Å². The SMILES string of the molecule is NC(=O)[C@@]1(Cc2ccc(C(F)(F)F)cc2)CCCN1C(=O)C1CCCN1. The summed E-state index contributed by atoms with van der Waals surface area (Å²) in [5, 5.41) is 3.13. The molecule has 8 heteroatoms. The molecule has 1 aromatic carbocycles. The van der Waals surface area contributed by atoms with E-state index in [4.69, 9.17) is 5.73 Å². The van der Waals surface area contributed by atoms with Crippen molar-refractivity contribution in [1.82, 2.24) is 10.2 Å². The Hall–Kier alpha value is -2.09. The molecule has 2 fully saturated rings. The first-order chi connectivity index (χ1) is 12.2. The van der Waals surface area contributed by atoms with Gasteiger partial charge in [0.15, 0.2) is 0 Å². The Kier molecular flexibility index (Phi) is 4.96. The maximum Gasteiger partial charge on any atom is 0.416 e. The Morgan fingerprint density at radius 1 is 1.23 bits per heavy atom. The van der Waals surface area contributed by atoms with Crippen LogP contribution in [0.25, 0.3) is 0 Å². The summed E-state index contributed by atoms with van der Waals surface area (Å²) in [6.07, 6.45) is -1.62. The summed E-state index contributed by atoms with van der Waals surface area (Å²) in [7, 11) is 0. The van der Waals surface area contributed by atoms with Crippen LogP contribution < -0.4 is 11.1 Å². The van der Waals surface area contributed by atoms with Crippen LogP contribution in [0.15, 0.2) is 24.3 Å². The average Bonchev–Trinajstić information content (AvgIpc) is 3.24. The predicted octanol–water partition coefficient (Wildman–Crippen LogP) is 1.85. The number of carbonyl (C=O) groups is 2. The number of primary amides is 1. The normalized spacial score (nSPS) is 26.3. The summed E-state index contributed by atoms with van der Waals surface area (Å²) in [5.74, 6) is -0.757. The van der Waals surface area contributed by atoms with Crippen LogP contribution in [0.3, 0.4) is 0 Å². The molecule has 0 aliphatic carbocycles. The fourth-order valence-electron chi connectivity index (χ4n) is 3.96. The zero-order valence-electron chi connectivity index (χ0n) is 14.3. The van der Waals surface area contributed by atoms with E-state index in [1.807, 2.05) is 0 Å². The molecule has 1 aromatic rings. The van der Waals surface area contributed by atoms with Gasteiger partial charge in [-0.2, -0.15) is 13.2 Å². The zero-order chi connectivity index (χ0) is 18.9. The van der Waals surface area contributed by atoms with Gasteiger partial charge in [-0.3, -0.25) is 9.59 Å². The molecule has 3 N–H and O–H groups in total. The molecule has 1 unspecified atom stereocenters. The van der Waals surface area contributed by atoms with E-state index in [1.54, 1.807) is 0 Å². The Balaban J connectivity index is 1.85. The summed E-state index contributed by atoms with van der Waals surface area (Å²) in [5.41, 5.74) is 4.30. The molecule has 2 atom stereocenters. The first-order valence-corrected chi connectivity index (χ1v) is 8.75. The summed E-state index contributed by atoms with van der Waals surface area (Å²) in [6.45, 7) is 1.19. The van der Waals surface area contributed by atoms with Crippen LogP contribution in [0.4, 0.5) is 13.2 Å². The smallest absolute Gasteiger partial charge is 0.368 e. The van der Waals surface area contributed by atoms with Crippen molar-refractivity contribution >= 4 is 11.8 Å². The molecule has 2 saturated heterocycles. The van der Waals surface area contributed by atoms with E-state index in [1.165, 1.54) is 17.0 Å². The average molecular weight is 369 g/mol. The zero-order valence-corrected chi connectivity index (χ0v) is 14.3. The van der Waals surface area contributed by atoms with Crippen molar-refractivity contribution < 1.29 is 22.8 Å². The summed E-state index contributed by atoms with van der Waals surface area (Å²) in [4.78, 5) is 26.7. The first-order valence-electron chi connectivity index (χ1n) is 8.75. The first kappa shape index (κ1) is 18.7. The number of carbonyl (C=O) groups excluding carboxylic acids is 2. The maximum atomic E-state index is 12.9. The van der Waals surface area contributed by atoms with E-state index < -0.39 is 23.2 Å². The molecule has 2 heterocycles. The van der Waals surface area contributed by atoms with E-state index in [0.717, 1.165) is 25.1 Å². The third-order valence-electron chi connectivity index (χ3n) is 5.35. The van der Waals surface area contributed by atoms with E-state index in [2.05, 4.69) is 5.32 Å². The van der Waals surface area contributed by atoms with Crippen molar-refractivity contribution in [1.29, 1.82) is 0 Å². The van der Waals surface area contributed by atoms with Gasteiger partial charge in [0, 0.05) is 13.0 Å². The van der Waals surface area contributed by atoms with Gasteiger partial charge in [-0.1, -0.05) is 12.1 Å². The van der Waals surface area contributed by atoms with Crippen molar-refractivity contribution in [2.75, 3.05) is 13.1 Å². The topological polar surface area (TPSA) is 75.4 Å². The minimum Gasteiger partial charge on any atom is -0.368 e. The lowest BCUT2D eigenvalue weighted by atomic mass is 9.86. The number of nitrogens with zero attached hydrogens (tertiary/aromatic N) is 1. The molecule has 3 rings (SSSR count). The van der Waals surface area contributed by atoms with Crippen LogP contribution in [-0.2, 0) is 22.2 Å². The molecular formula is C18H22F3N3O2. The van der Waals surface area contributed by atoms with Crippen LogP contribution in [0, 0.1) is 0 Å². The molecular weight excluding hydrogens is 347 g/mol. The molecule has 5 nitrogen and oxygen atoms in total. The molecule has 0 saturated carbocycles. The Labute approximate surface area is 149 Å². The second-order valence-electron chi connectivity index (χ2n) is 7.01. The van der Waals surface area contributed by atoms with E-state index in [0.29, 0.717) is 31.4 Å². The highest BCUT2D eigenvalue weighted by atomic mass is 19.4. The van der Waals surface area contributed by atoms with Crippen molar-refractivity contribution in [2.45, 2.75) is 49.9 Å². The third kappa shape index (κ3) is 3.42. The Morgan fingerprint density at radius 3 is 2.46 bits per heavy atom. The molecule has 0 bridgehead atoms. The maximum absolute atomic E-state index is 12.9. The van der Waals surface area contributed by atoms with Gasteiger partial charge < -0.3 is 16.0 Å². The number of halogens is 3. The highest BCUT2D eigenvalue weighted by Gasteiger charge is 2.49. The monoisotopic (exact) mass is 369 g/mol. The molecule has 142 valence electrons. The van der Waals surface area contributed by atoms with Gasteiger partial charge in [0.25, 0.3) is 0 Å². The minimum atomic E-state index is -4.41. The lowest BCUT2D eigenvalue weighted by molar-refractivity contribution is -0.144. The Bertz CT molecular complexity index is 684. The van der Waals surface area contributed by atoms with Crippen LogP contribution >= 0.6 is 0 Å². The molecule has 26 heavy (non-hydrogen) atoms. The van der Waals surface area contributed by atoms with Crippen molar-refractivity contribution in [2.24, 2.45) is 5.73 Å². The molecule has 2 amide bonds. The molecule has 0 aromatic heterocycles. The molecule has 2 aliphatic rings. The molecule has 0 spiro atoms. The summed E-state index contributed by atoms with van der Waals surface area (Å²) < 4.78 is 38.2. The number of nitrogens with two attached hydrogens (primary N) is 1. The summed E-state index contributed by atoms with van der Waals surface area (Å²) in [6, 6.07) is 4.36. The third-order valence-corrected chi connectivity index (χ3v) is 5.35. The highest BCUT2D eigenvalue weighted by molar-refractivity contribution is 5.93. The van der Waals surface area contributed by atoms with Gasteiger partial charge in [0.05, 0.1) is 11.6 Å². The number of likely N-dealkylation sites (tertiary alicyclic amines) is 1. The predicted molar refractivity (Wildman–Crippen MR) is 89.0 cm³/mol. The van der Waals surface area contributed by atoms with Gasteiger partial charge in [0.1, 0.15) is 5.54 Å². The van der Waals surface area contributed by atoms with E-state index >= 15 is 0 Å². The number of rotatable bonds is 4. The molecule has 2 aliphatic heterocycles. The van der Waals surface area contributed by atoms with E-state index in [-0.39, 0.29) is 18.4 Å². The van der Waals surface area contributed by atoms with Crippen molar-refractivity contribution in [3.8, 4) is 0 Å². The van der Waals surface area contributed by atoms with E-state index in [9.17, 15) is 22.8 Å². The van der Waals surface area contributed by atoms with Gasteiger partial charge in [-0.15, -0.1) is 0 Å². The number of hydrogen-bond donors (Lipinski definition) is 2. The molecule has 0 radical (unpaired) electrons. The largest absolute Gasteiger partial charge is 0.416 e. The summed E-state index contributed by atoms with van der Waals surface area (Å²) >= 11 is 0. The number of benzene rings is 1. The van der Waals surface area contributed by atoms with Crippen LogP contribution in [0.2, 0.25) is 0 Å². The standard InChI is InChI=1S/C18H22F3N3O2/c19-18(20,21)13-6-4-12(5-7-13)11-17(16(22)26)8-2-10-24(17)15(25)14-3-1-9-23-14/h4-7,14,23H,1-3,8-11H2,(H2,22,26)/t14?,17-/m0/s1. The second-order valence-corrected chi connectivity index (χ2v) is 7.01. The van der Waals surface area contributed by atoms with Crippen LogP contribution in [-0.4, -0.2) is 41.4 Å². The fraction of sp³-hybridized carbons (Fsp3) is 0.556. The van der Waals surface area contributed by atoms with Gasteiger partial charge in [0.2, 0.25) is 11.8 Å². The number of nitrogens with one attached hydrogen (secondary N) is 1. The lowest BCUT2D eigenvalue weighted by Gasteiger charge is -2.37. The van der Waals surface area contributed by atoms with Gasteiger partial charge >= 0.3 is 6.18 Å². The number of alkyl halides is 3. The van der Waals surface area contributed by atoms with Crippen LogP contribution in [0.1, 0.15) is 36.8 Å². The second kappa shape index (κ2) is 6.90. The minimum absolute atomic E-state index is 0.124. The number of hydrogen-bond acceptors (Lipinski definition) is 3. The lowest BCUT2D eigenvalue weighted by Crippen LogP contribution is -2.60. The Morgan fingerprint density at radius 2 is 1.92 bits per heavy atom. The highest BCUT2D eigenvalue weighted by Crippen LogP contribution is 2.35. The quantitative estimate of drug-likeness (QED) is 0.851. The number of amides is 2. The van der Waals surface area contributed by atoms with Crippen molar-refractivity contribution in [3.05, 3.63) is 35.4 Å². The van der Waals surface area contributed by atoms with Gasteiger partial charge in [-0.05, 0) is 49.9 Å².